The van der Waals surface area contributed by atoms with Gasteiger partial charge in [0.15, 0.2) is 5.78 Å². The number of carbonyl (C=O) groups is 1. The quantitative estimate of drug-likeness (QED) is 0.868. The monoisotopic (exact) mass is 269 g/mol. The van der Waals surface area contributed by atoms with E-state index >= 15 is 0 Å². The minimum atomic E-state index is -0.639. The maximum atomic E-state index is 12.5. The molecule has 1 heterocycles. The van der Waals surface area contributed by atoms with Crippen LogP contribution in [0.2, 0.25) is 0 Å². The average molecular weight is 269 g/mol. The number of aromatic nitrogens is 2. The van der Waals surface area contributed by atoms with E-state index in [-0.39, 0.29) is 5.78 Å². The van der Waals surface area contributed by atoms with E-state index in [1.807, 2.05) is 25.2 Å². The third-order valence-electron chi connectivity index (χ3n) is 4.11. The van der Waals surface area contributed by atoms with Crippen molar-refractivity contribution in [3.05, 3.63) is 53.3 Å². The topological polar surface area (TPSA) is 60.9 Å². The fourth-order valence-electron chi connectivity index (χ4n) is 2.62. The van der Waals surface area contributed by atoms with E-state index in [2.05, 4.69) is 11.2 Å². The fraction of sp³-hybridized carbons (Fsp3) is 0.375. The number of aryl methyl sites for hydroxylation is 1. The maximum absolute atomic E-state index is 12.5. The van der Waals surface area contributed by atoms with Gasteiger partial charge in [0.1, 0.15) is 0 Å². The molecule has 0 amide bonds. The smallest absolute Gasteiger partial charge is 0.184 e. The van der Waals surface area contributed by atoms with Crippen molar-refractivity contribution in [1.29, 1.82) is 0 Å². The van der Waals surface area contributed by atoms with Crippen LogP contribution in [0.25, 0.3) is 0 Å². The Morgan fingerprint density at radius 2 is 2.25 bits per heavy atom. The van der Waals surface area contributed by atoms with Crippen LogP contribution in [0.15, 0.2) is 36.7 Å². The van der Waals surface area contributed by atoms with Crippen LogP contribution in [0.3, 0.4) is 0 Å². The van der Waals surface area contributed by atoms with E-state index in [4.69, 9.17) is 5.73 Å². The molecule has 1 fully saturated rings. The number of benzene rings is 1. The molecule has 3 rings (SSSR count). The van der Waals surface area contributed by atoms with Crippen LogP contribution in [0.4, 0.5) is 0 Å². The number of nitrogens with two attached hydrogens (primary N) is 1. The molecule has 104 valence electrons. The Kier molecular flexibility index (Phi) is 3.40. The zero-order valence-electron chi connectivity index (χ0n) is 11.6. The normalized spacial score (nSPS) is 16.7. The Labute approximate surface area is 118 Å². The zero-order valence-corrected chi connectivity index (χ0v) is 11.6. The molecule has 20 heavy (non-hydrogen) atoms. The minimum absolute atomic E-state index is 0.0424. The van der Waals surface area contributed by atoms with E-state index in [9.17, 15) is 4.79 Å². The van der Waals surface area contributed by atoms with E-state index in [1.165, 1.54) is 24.8 Å². The highest BCUT2D eigenvalue weighted by Gasteiger charge is 2.23. The molecule has 1 atom stereocenters. The maximum Gasteiger partial charge on any atom is 0.184 e. The van der Waals surface area contributed by atoms with Crippen molar-refractivity contribution in [2.24, 2.45) is 12.8 Å². The molecule has 0 aliphatic heterocycles. The highest BCUT2D eigenvalue weighted by atomic mass is 16.1. The van der Waals surface area contributed by atoms with Crippen LogP contribution >= 0.6 is 0 Å². The van der Waals surface area contributed by atoms with E-state index in [0.29, 0.717) is 11.5 Å². The molecule has 0 bridgehead atoms. The van der Waals surface area contributed by atoms with Gasteiger partial charge in [-0.25, -0.2) is 0 Å². The molecule has 4 nitrogen and oxygen atoms in total. The Balaban J connectivity index is 1.82. The molecule has 0 radical (unpaired) electrons. The second kappa shape index (κ2) is 5.21. The number of ketones is 1. The Hall–Kier alpha value is -1.94. The highest BCUT2D eigenvalue weighted by molar-refractivity contribution is 6.00. The van der Waals surface area contributed by atoms with Crippen LogP contribution in [0.1, 0.15) is 52.7 Å². The van der Waals surface area contributed by atoms with Gasteiger partial charge >= 0.3 is 0 Å². The van der Waals surface area contributed by atoms with Gasteiger partial charge in [-0.15, -0.1) is 0 Å². The van der Waals surface area contributed by atoms with Crippen molar-refractivity contribution in [2.75, 3.05) is 0 Å². The summed E-state index contributed by atoms with van der Waals surface area (Å²) in [5.74, 6) is 0.580. The molecular weight excluding hydrogens is 250 g/mol. The summed E-state index contributed by atoms with van der Waals surface area (Å²) in [6, 6.07) is 7.27. The van der Waals surface area contributed by atoms with Crippen LogP contribution in [0, 0.1) is 0 Å². The van der Waals surface area contributed by atoms with Gasteiger partial charge in [-0.2, -0.15) is 5.10 Å². The van der Waals surface area contributed by atoms with Gasteiger partial charge in [0.2, 0.25) is 0 Å². The second-order valence-corrected chi connectivity index (χ2v) is 5.54. The number of Topliss-reactive ketones (excluding diaryl/α,β-unsaturated/α-hetero) is 1. The summed E-state index contributed by atoms with van der Waals surface area (Å²) in [4.78, 5) is 12.5. The number of carbonyl (C=O) groups excluding carboxylic acids is 1. The van der Waals surface area contributed by atoms with Crippen molar-refractivity contribution >= 4 is 5.78 Å². The van der Waals surface area contributed by atoms with Gasteiger partial charge in [0, 0.05) is 24.4 Å². The van der Waals surface area contributed by atoms with Gasteiger partial charge in [0.05, 0.1) is 12.2 Å². The van der Waals surface area contributed by atoms with Gasteiger partial charge in [-0.1, -0.05) is 24.6 Å². The van der Waals surface area contributed by atoms with Gasteiger partial charge in [-0.05, 0) is 30.4 Å². The first-order valence-corrected chi connectivity index (χ1v) is 7.03. The number of hydrogen-bond donors (Lipinski definition) is 1. The average Bonchev–Trinajstić information content (AvgIpc) is 2.82. The van der Waals surface area contributed by atoms with Gasteiger partial charge in [-0.3, -0.25) is 9.48 Å². The van der Waals surface area contributed by atoms with E-state index in [1.54, 1.807) is 17.1 Å². The van der Waals surface area contributed by atoms with Crippen LogP contribution in [0.5, 0.6) is 0 Å². The number of rotatable bonds is 4. The Morgan fingerprint density at radius 1 is 1.45 bits per heavy atom. The SMILES string of the molecule is Cn1cc(C(N)C(=O)c2cccc(C3CCC3)c2)cn1. The summed E-state index contributed by atoms with van der Waals surface area (Å²) in [6.45, 7) is 0. The van der Waals surface area contributed by atoms with Crippen molar-refractivity contribution < 1.29 is 4.79 Å². The van der Waals surface area contributed by atoms with E-state index < -0.39 is 6.04 Å². The van der Waals surface area contributed by atoms with E-state index in [0.717, 1.165) is 5.56 Å². The van der Waals surface area contributed by atoms with Gasteiger partial charge in [0.25, 0.3) is 0 Å². The lowest BCUT2D eigenvalue weighted by molar-refractivity contribution is 0.0961. The van der Waals surface area contributed by atoms with Crippen molar-refractivity contribution in [1.82, 2.24) is 9.78 Å². The predicted octanol–water partition coefficient (Wildman–Crippen LogP) is 2.57. The molecule has 1 aromatic heterocycles. The minimum Gasteiger partial charge on any atom is -0.317 e. The summed E-state index contributed by atoms with van der Waals surface area (Å²) in [7, 11) is 1.82. The Bertz CT molecular complexity index is 628. The number of nitrogens with zero attached hydrogens (tertiary/aromatic N) is 2. The lowest BCUT2D eigenvalue weighted by Crippen LogP contribution is -2.21. The van der Waals surface area contributed by atoms with Crippen LogP contribution < -0.4 is 5.73 Å². The molecule has 1 aliphatic rings. The third-order valence-corrected chi connectivity index (χ3v) is 4.11. The predicted molar refractivity (Wildman–Crippen MR) is 77.5 cm³/mol. The lowest BCUT2D eigenvalue weighted by Gasteiger charge is -2.26. The summed E-state index contributed by atoms with van der Waals surface area (Å²) in [5.41, 5.74) is 8.77. The molecule has 1 aliphatic carbocycles. The zero-order chi connectivity index (χ0) is 14.1. The van der Waals surface area contributed by atoms with Crippen molar-refractivity contribution in [3.8, 4) is 0 Å². The second-order valence-electron chi connectivity index (χ2n) is 5.54. The summed E-state index contributed by atoms with van der Waals surface area (Å²) in [5, 5.41) is 4.07. The van der Waals surface area contributed by atoms with Gasteiger partial charge < -0.3 is 5.73 Å². The molecule has 1 aromatic carbocycles. The molecule has 0 saturated heterocycles. The molecular formula is C16H19N3O. The summed E-state index contributed by atoms with van der Waals surface area (Å²) < 4.78 is 1.66. The highest BCUT2D eigenvalue weighted by Crippen LogP contribution is 2.36. The molecule has 4 heteroatoms. The molecule has 0 spiro atoms. The first-order chi connectivity index (χ1) is 9.65. The Morgan fingerprint density at radius 3 is 2.85 bits per heavy atom. The van der Waals surface area contributed by atoms with Crippen molar-refractivity contribution in [3.63, 3.8) is 0 Å². The first-order valence-electron chi connectivity index (χ1n) is 7.03. The standard InChI is InChI=1S/C16H19N3O/c1-19-10-14(9-18-19)15(17)16(20)13-7-3-6-12(8-13)11-4-2-5-11/h3,6-11,15H,2,4-5,17H2,1H3. The number of hydrogen-bond acceptors (Lipinski definition) is 3. The largest absolute Gasteiger partial charge is 0.317 e. The summed E-state index contributed by atoms with van der Waals surface area (Å²) in [6.07, 6.45) is 7.19. The lowest BCUT2D eigenvalue weighted by atomic mass is 9.79. The van der Waals surface area contributed by atoms with Crippen LogP contribution in [-0.4, -0.2) is 15.6 Å². The molecule has 2 aromatic rings. The van der Waals surface area contributed by atoms with Crippen molar-refractivity contribution in [2.45, 2.75) is 31.2 Å². The molecule has 2 N–H and O–H groups in total. The summed E-state index contributed by atoms with van der Waals surface area (Å²) >= 11 is 0. The molecule has 1 saturated carbocycles. The third kappa shape index (κ3) is 2.39. The van der Waals surface area contributed by atoms with Crippen LogP contribution in [-0.2, 0) is 7.05 Å². The fourth-order valence-corrected chi connectivity index (χ4v) is 2.62. The molecule has 1 unspecified atom stereocenters. The first kappa shape index (κ1) is 13.1.